The second kappa shape index (κ2) is 6.74. The molecule has 0 bridgehead atoms. The van der Waals surface area contributed by atoms with Crippen LogP contribution in [-0.4, -0.2) is 25.3 Å². The van der Waals surface area contributed by atoms with Gasteiger partial charge >= 0.3 is 5.97 Å². The summed E-state index contributed by atoms with van der Waals surface area (Å²) in [5.74, 6) is 1.91. The topological polar surface area (TPSA) is 35.5 Å². The molecule has 0 spiro atoms. The largest absolute Gasteiger partial charge is 0.462 e. The van der Waals surface area contributed by atoms with Crippen LogP contribution in [0.15, 0.2) is 0 Å². The first-order chi connectivity index (χ1) is 9.08. The minimum Gasteiger partial charge on any atom is -0.462 e. The summed E-state index contributed by atoms with van der Waals surface area (Å²) < 4.78 is 11.2. The molecule has 0 N–H and O–H groups in total. The van der Waals surface area contributed by atoms with Crippen molar-refractivity contribution < 1.29 is 14.3 Å². The maximum Gasteiger partial charge on any atom is 0.309 e. The lowest BCUT2D eigenvalue weighted by atomic mass is 9.75. The van der Waals surface area contributed by atoms with Gasteiger partial charge in [0, 0.05) is 13.2 Å². The Hall–Kier alpha value is -0.570. The first-order valence-corrected chi connectivity index (χ1v) is 7.86. The van der Waals surface area contributed by atoms with Crippen LogP contribution < -0.4 is 0 Å². The summed E-state index contributed by atoms with van der Waals surface area (Å²) in [4.78, 5) is 12.3. The molecular weight excluding hydrogens is 240 g/mol. The molecule has 3 nitrogen and oxygen atoms in total. The Morgan fingerprint density at radius 3 is 2.47 bits per heavy atom. The van der Waals surface area contributed by atoms with Crippen LogP contribution in [-0.2, 0) is 14.3 Å². The van der Waals surface area contributed by atoms with Crippen molar-refractivity contribution in [2.24, 2.45) is 23.7 Å². The van der Waals surface area contributed by atoms with Crippen LogP contribution >= 0.6 is 0 Å². The molecule has 1 saturated heterocycles. The molecule has 1 aliphatic carbocycles. The zero-order chi connectivity index (χ0) is 13.8. The molecule has 3 atom stereocenters. The second-order valence-electron chi connectivity index (χ2n) is 6.69. The maximum atomic E-state index is 12.3. The lowest BCUT2D eigenvalue weighted by Gasteiger charge is -2.37. The van der Waals surface area contributed by atoms with Crippen molar-refractivity contribution in [2.45, 2.75) is 59.0 Å². The van der Waals surface area contributed by atoms with Crippen molar-refractivity contribution in [1.29, 1.82) is 0 Å². The summed E-state index contributed by atoms with van der Waals surface area (Å²) in [7, 11) is 0. The van der Waals surface area contributed by atoms with E-state index in [1.54, 1.807) is 0 Å². The number of hydrogen-bond acceptors (Lipinski definition) is 3. The predicted molar refractivity (Wildman–Crippen MR) is 74.8 cm³/mol. The summed E-state index contributed by atoms with van der Waals surface area (Å²) in [5.41, 5.74) is 0. The molecule has 1 aliphatic heterocycles. The van der Waals surface area contributed by atoms with E-state index in [0.717, 1.165) is 19.3 Å². The van der Waals surface area contributed by atoms with Gasteiger partial charge in [0.25, 0.3) is 0 Å². The van der Waals surface area contributed by atoms with Crippen molar-refractivity contribution >= 4 is 5.97 Å². The Bertz CT molecular complexity index is 294. The van der Waals surface area contributed by atoms with Gasteiger partial charge in [0.15, 0.2) is 0 Å². The van der Waals surface area contributed by atoms with Crippen LogP contribution in [0.5, 0.6) is 0 Å². The van der Waals surface area contributed by atoms with Crippen LogP contribution in [0.4, 0.5) is 0 Å². The van der Waals surface area contributed by atoms with E-state index in [-0.39, 0.29) is 18.0 Å². The predicted octanol–water partition coefficient (Wildman–Crippen LogP) is 3.42. The van der Waals surface area contributed by atoms with Crippen molar-refractivity contribution in [1.82, 2.24) is 0 Å². The minimum absolute atomic E-state index is 0.0213. The molecule has 19 heavy (non-hydrogen) atoms. The molecule has 3 heteroatoms. The third-order valence-corrected chi connectivity index (χ3v) is 4.78. The summed E-state index contributed by atoms with van der Waals surface area (Å²) in [6, 6.07) is 0. The van der Waals surface area contributed by atoms with E-state index >= 15 is 0 Å². The quantitative estimate of drug-likeness (QED) is 0.736. The van der Waals surface area contributed by atoms with Crippen molar-refractivity contribution in [2.75, 3.05) is 13.2 Å². The number of hydrogen-bond donors (Lipinski definition) is 0. The summed E-state index contributed by atoms with van der Waals surface area (Å²) >= 11 is 0. The number of rotatable bonds is 3. The maximum absolute atomic E-state index is 12.3. The van der Waals surface area contributed by atoms with Gasteiger partial charge in [-0.25, -0.2) is 0 Å². The van der Waals surface area contributed by atoms with Gasteiger partial charge in [-0.3, -0.25) is 4.79 Å². The average molecular weight is 268 g/mol. The van der Waals surface area contributed by atoms with E-state index < -0.39 is 0 Å². The Labute approximate surface area is 117 Å². The molecule has 2 rings (SSSR count). The third kappa shape index (κ3) is 3.95. The normalized spacial score (nSPS) is 33.4. The fraction of sp³-hybridized carbons (Fsp3) is 0.938. The fourth-order valence-corrected chi connectivity index (χ4v) is 3.43. The van der Waals surface area contributed by atoms with Crippen molar-refractivity contribution in [3.8, 4) is 0 Å². The molecule has 0 unspecified atom stereocenters. The molecular formula is C16H28O3. The Morgan fingerprint density at radius 1 is 1.16 bits per heavy atom. The first kappa shape index (κ1) is 14.8. The minimum atomic E-state index is 0.0213. The lowest BCUT2D eigenvalue weighted by Crippen LogP contribution is -2.38. The van der Waals surface area contributed by atoms with Crippen LogP contribution in [0.25, 0.3) is 0 Å². The van der Waals surface area contributed by atoms with Gasteiger partial charge in [-0.05, 0) is 43.4 Å². The summed E-state index contributed by atoms with van der Waals surface area (Å²) in [5, 5.41) is 0. The fourth-order valence-electron chi connectivity index (χ4n) is 3.43. The average Bonchev–Trinajstić information content (AvgIpc) is 2.39. The number of esters is 1. The first-order valence-electron chi connectivity index (χ1n) is 7.86. The molecule has 0 radical (unpaired) electrons. The number of ether oxygens (including phenoxy) is 2. The molecule has 1 saturated carbocycles. The van der Waals surface area contributed by atoms with Gasteiger partial charge in [0.2, 0.25) is 0 Å². The highest BCUT2D eigenvalue weighted by Gasteiger charge is 2.35. The lowest BCUT2D eigenvalue weighted by molar-refractivity contribution is -0.164. The Morgan fingerprint density at radius 2 is 1.84 bits per heavy atom. The van der Waals surface area contributed by atoms with Gasteiger partial charge < -0.3 is 9.47 Å². The number of carbonyl (C=O) groups is 1. The summed E-state index contributed by atoms with van der Waals surface area (Å²) in [6.45, 7) is 8.17. The van der Waals surface area contributed by atoms with Gasteiger partial charge in [0.05, 0.1) is 5.92 Å². The van der Waals surface area contributed by atoms with Crippen molar-refractivity contribution in [3.05, 3.63) is 0 Å². The van der Waals surface area contributed by atoms with E-state index in [1.165, 1.54) is 12.8 Å². The highest BCUT2D eigenvalue weighted by atomic mass is 16.5. The zero-order valence-corrected chi connectivity index (χ0v) is 12.6. The Balaban J connectivity index is 1.92. The van der Waals surface area contributed by atoms with Crippen LogP contribution in [0.1, 0.15) is 52.9 Å². The molecule has 0 amide bonds. The SMILES string of the molecule is CC(C)[C@@H]1CC[C@@H](C)C[C@H]1OC(=O)C1CCOCC1. The van der Waals surface area contributed by atoms with Crippen LogP contribution in [0.3, 0.4) is 0 Å². The van der Waals surface area contributed by atoms with E-state index in [0.29, 0.717) is 31.0 Å². The third-order valence-electron chi connectivity index (χ3n) is 4.78. The summed E-state index contributed by atoms with van der Waals surface area (Å²) in [6.07, 6.45) is 5.30. The molecule has 0 aromatic heterocycles. The van der Waals surface area contributed by atoms with E-state index in [2.05, 4.69) is 20.8 Å². The second-order valence-corrected chi connectivity index (χ2v) is 6.69. The van der Waals surface area contributed by atoms with Gasteiger partial charge in [-0.15, -0.1) is 0 Å². The molecule has 2 fully saturated rings. The van der Waals surface area contributed by atoms with Gasteiger partial charge in [0.1, 0.15) is 6.10 Å². The molecule has 2 aliphatic rings. The Kier molecular flexibility index (Phi) is 5.26. The van der Waals surface area contributed by atoms with Gasteiger partial charge in [-0.1, -0.05) is 27.2 Å². The highest BCUT2D eigenvalue weighted by Crippen LogP contribution is 2.36. The van der Waals surface area contributed by atoms with Crippen molar-refractivity contribution in [3.63, 3.8) is 0 Å². The molecule has 0 aromatic rings. The number of carbonyl (C=O) groups excluding carboxylic acids is 1. The highest BCUT2D eigenvalue weighted by molar-refractivity contribution is 5.72. The zero-order valence-electron chi connectivity index (χ0n) is 12.6. The van der Waals surface area contributed by atoms with Gasteiger partial charge in [-0.2, -0.15) is 0 Å². The van der Waals surface area contributed by atoms with E-state index in [9.17, 15) is 4.79 Å². The molecule has 1 heterocycles. The monoisotopic (exact) mass is 268 g/mol. The molecule has 0 aromatic carbocycles. The van der Waals surface area contributed by atoms with Crippen LogP contribution in [0, 0.1) is 23.7 Å². The standard InChI is InChI=1S/C16H28O3/c1-11(2)14-5-4-12(3)10-15(14)19-16(17)13-6-8-18-9-7-13/h11-15H,4-10H2,1-3H3/t12-,14+,15-/m1/s1. The van der Waals surface area contributed by atoms with E-state index in [4.69, 9.17) is 9.47 Å². The van der Waals surface area contributed by atoms with Crippen LogP contribution in [0.2, 0.25) is 0 Å². The molecule has 110 valence electrons. The smallest absolute Gasteiger partial charge is 0.309 e. The van der Waals surface area contributed by atoms with E-state index in [1.807, 2.05) is 0 Å².